The van der Waals surface area contributed by atoms with Crippen LogP contribution < -0.4 is 4.90 Å². The molecule has 100 valence electrons. The third-order valence-corrected chi connectivity index (χ3v) is 3.92. The van der Waals surface area contributed by atoms with Crippen molar-refractivity contribution in [3.8, 4) is 6.07 Å². The Bertz CT molecular complexity index is 525. The number of aliphatic carboxylic acids is 1. The van der Waals surface area contributed by atoms with E-state index < -0.39 is 5.97 Å². The van der Waals surface area contributed by atoms with E-state index in [0.717, 1.165) is 36.0 Å². The molecular formula is C14H15BrN2O2. The lowest BCUT2D eigenvalue weighted by atomic mass is 9.97. The summed E-state index contributed by atoms with van der Waals surface area (Å²) in [6.45, 7) is 0.814. The highest BCUT2D eigenvalue weighted by Crippen LogP contribution is 2.30. The van der Waals surface area contributed by atoms with Crippen LogP contribution in [0, 0.1) is 11.3 Å². The van der Waals surface area contributed by atoms with Gasteiger partial charge in [0.25, 0.3) is 0 Å². The van der Waals surface area contributed by atoms with E-state index in [2.05, 4.69) is 26.9 Å². The van der Waals surface area contributed by atoms with Crippen LogP contribution in [0.15, 0.2) is 22.7 Å². The van der Waals surface area contributed by atoms with E-state index in [1.807, 2.05) is 12.1 Å². The summed E-state index contributed by atoms with van der Waals surface area (Å²) in [5.74, 6) is -0.785. The fourth-order valence-corrected chi connectivity index (χ4v) is 2.94. The molecule has 0 radical (unpaired) electrons. The molecule has 1 unspecified atom stereocenters. The lowest BCUT2D eigenvalue weighted by molar-refractivity contribution is -0.137. The van der Waals surface area contributed by atoms with E-state index in [4.69, 9.17) is 5.11 Å². The number of carboxylic acids is 1. The van der Waals surface area contributed by atoms with Crippen molar-refractivity contribution in [3.05, 3.63) is 28.2 Å². The van der Waals surface area contributed by atoms with Gasteiger partial charge >= 0.3 is 5.97 Å². The van der Waals surface area contributed by atoms with Gasteiger partial charge in [-0.05, 0) is 37.5 Å². The summed E-state index contributed by atoms with van der Waals surface area (Å²) in [5, 5.41) is 18.2. The van der Waals surface area contributed by atoms with Gasteiger partial charge in [0, 0.05) is 17.1 Å². The third kappa shape index (κ3) is 3.27. The Morgan fingerprint density at radius 2 is 2.32 bits per heavy atom. The van der Waals surface area contributed by atoms with E-state index in [9.17, 15) is 10.1 Å². The van der Waals surface area contributed by atoms with Crippen LogP contribution >= 0.6 is 15.9 Å². The van der Waals surface area contributed by atoms with Crippen molar-refractivity contribution in [2.45, 2.75) is 31.7 Å². The number of hydrogen-bond donors (Lipinski definition) is 1. The molecular weight excluding hydrogens is 308 g/mol. The number of piperidine rings is 1. The van der Waals surface area contributed by atoms with Crippen LogP contribution in [-0.4, -0.2) is 23.7 Å². The molecule has 19 heavy (non-hydrogen) atoms. The first-order valence-electron chi connectivity index (χ1n) is 6.30. The fraction of sp³-hybridized carbons (Fsp3) is 0.429. The average molecular weight is 323 g/mol. The molecule has 0 amide bonds. The van der Waals surface area contributed by atoms with Crippen molar-refractivity contribution < 1.29 is 9.90 Å². The van der Waals surface area contributed by atoms with Gasteiger partial charge in [-0.15, -0.1) is 0 Å². The van der Waals surface area contributed by atoms with Crippen molar-refractivity contribution >= 4 is 27.6 Å². The van der Waals surface area contributed by atoms with Crippen LogP contribution in [0.25, 0.3) is 0 Å². The molecule has 1 N–H and O–H groups in total. The molecule has 1 fully saturated rings. The molecule has 1 aliphatic rings. The molecule has 1 aromatic carbocycles. The molecule has 4 nitrogen and oxygen atoms in total. The first-order chi connectivity index (χ1) is 9.11. The Labute approximate surface area is 120 Å². The van der Waals surface area contributed by atoms with Gasteiger partial charge in [-0.1, -0.05) is 15.9 Å². The Hall–Kier alpha value is -1.54. The summed E-state index contributed by atoms with van der Waals surface area (Å²) in [7, 11) is 0. The molecule has 1 saturated heterocycles. The maximum Gasteiger partial charge on any atom is 0.305 e. The summed E-state index contributed by atoms with van der Waals surface area (Å²) in [4.78, 5) is 13.0. The smallest absolute Gasteiger partial charge is 0.305 e. The van der Waals surface area contributed by atoms with Gasteiger partial charge < -0.3 is 10.0 Å². The maximum atomic E-state index is 11.0. The zero-order valence-electron chi connectivity index (χ0n) is 10.5. The highest BCUT2D eigenvalue weighted by molar-refractivity contribution is 9.10. The Balaban J connectivity index is 2.32. The maximum absolute atomic E-state index is 11.0. The van der Waals surface area contributed by atoms with Crippen molar-refractivity contribution in [2.24, 2.45) is 0 Å². The van der Waals surface area contributed by atoms with Crippen molar-refractivity contribution in [3.63, 3.8) is 0 Å². The van der Waals surface area contributed by atoms with Gasteiger partial charge in [0.2, 0.25) is 0 Å². The van der Waals surface area contributed by atoms with Crippen molar-refractivity contribution in [1.82, 2.24) is 0 Å². The number of carbonyl (C=O) groups is 1. The molecule has 2 rings (SSSR count). The summed E-state index contributed by atoms with van der Waals surface area (Å²) in [6.07, 6.45) is 3.08. The summed E-state index contributed by atoms with van der Waals surface area (Å²) < 4.78 is 0.861. The van der Waals surface area contributed by atoms with Crippen LogP contribution in [0.5, 0.6) is 0 Å². The molecule has 1 heterocycles. The van der Waals surface area contributed by atoms with Gasteiger partial charge in [-0.25, -0.2) is 0 Å². The lowest BCUT2D eigenvalue weighted by Crippen LogP contribution is -2.41. The van der Waals surface area contributed by atoms with Crippen molar-refractivity contribution in [2.75, 3.05) is 11.4 Å². The van der Waals surface area contributed by atoms with E-state index >= 15 is 0 Å². The summed E-state index contributed by atoms with van der Waals surface area (Å²) in [5.41, 5.74) is 1.43. The van der Waals surface area contributed by atoms with Gasteiger partial charge in [0.15, 0.2) is 0 Å². The molecule has 0 spiro atoms. The highest BCUT2D eigenvalue weighted by Gasteiger charge is 2.26. The number of rotatable bonds is 3. The van der Waals surface area contributed by atoms with Crippen LogP contribution in [0.3, 0.4) is 0 Å². The first-order valence-corrected chi connectivity index (χ1v) is 7.09. The minimum Gasteiger partial charge on any atom is -0.481 e. The van der Waals surface area contributed by atoms with Gasteiger partial charge in [-0.3, -0.25) is 4.79 Å². The number of hydrogen-bond acceptors (Lipinski definition) is 3. The molecule has 0 aromatic heterocycles. The van der Waals surface area contributed by atoms with Crippen LogP contribution in [-0.2, 0) is 4.79 Å². The molecule has 5 heteroatoms. The van der Waals surface area contributed by atoms with Gasteiger partial charge in [-0.2, -0.15) is 5.26 Å². The largest absolute Gasteiger partial charge is 0.481 e. The molecule has 0 saturated carbocycles. The first kappa shape index (κ1) is 13.9. The van der Waals surface area contributed by atoms with Crippen LogP contribution in [0.2, 0.25) is 0 Å². The second-order valence-corrected chi connectivity index (χ2v) is 5.63. The Morgan fingerprint density at radius 3 is 3.00 bits per heavy atom. The fourth-order valence-electron chi connectivity index (χ4n) is 2.58. The zero-order valence-corrected chi connectivity index (χ0v) is 12.1. The monoisotopic (exact) mass is 322 g/mol. The number of carboxylic acid groups (broad SMARTS) is 1. The van der Waals surface area contributed by atoms with E-state index in [-0.39, 0.29) is 12.5 Å². The molecule has 0 aliphatic carbocycles. The second kappa shape index (κ2) is 6.07. The molecule has 0 bridgehead atoms. The number of halogens is 1. The van der Waals surface area contributed by atoms with Gasteiger partial charge in [0.1, 0.15) is 6.07 Å². The number of benzene rings is 1. The number of nitrogens with zero attached hydrogens (tertiary/aromatic N) is 2. The minimum atomic E-state index is -0.785. The third-order valence-electron chi connectivity index (χ3n) is 3.43. The molecule has 1 aromatic rings. The quantitative estimate of drug-likeness (QED) is 0.928. The standard InChI is InChI=1S/C14H15BrN2O2/c15-11-4-5-13(10(7-11)9-16)17-6-2-1-3-12(17)8-14(18)19/h4-5,7,12H,1-3,6,8H2,(H,18,19). The summed E-state index contributed by atoms with van der Waals surface area (Å²) >= 11 is 3.35. The van der Waals surface area contributed by atoms with Gasteiger partial charge in [0.05, 0.1) is 17.7 Å². The average Bonchev–Trinajstić information content (AvgIpc) is 2.39. The van der Waals surface area contributed by atoms with E-state index in [1.54, 1.807) is 6.07 Å². The summed E-state index contributed by atoms with van der Waals surface area (Å²) in [6, 6.07) is 7.74. The lowest BCUT2D eigenvalue weighted by Gasteiger charge is -2.37. The predicted molar refractivity (Wildman–Crippen MR) is 76.1 cm³/mol. The van der Waals surface area contributed by atoms with Crippen molar-refractivity contribution in [1.29, 1.82) is 5.26 Å². The highest BCUT2D eigenvalue weighted by atomic mass is 79.9. The van der Waals surface area contributed by atoms with E-state index in [1.165, 1.54) is 0 Å². The number of nitriles is 1. The molecule has 1 atom stereocenters. The number of anilines is 1. The predicted octanol–water partition coefficient (Wildman–Crippen LogP) is 3.15. The Kier molecular flexibility index (Phi) is 4.43. The molecule has 1 aliphatic heterocycles. The zero-order chi connectivity index (χ0) is 13.8. The van der Waals surface area contributed by atoms with Crippen LogP contribution in [0.4, 0.5) is 5.69 Å². The van der Waals surface area contributed by atoms with E-state index in [0.29, 0.717) is 5.56 Å². The SMILES string of the molecule is N#Cc1cc(Br)ccc1N1CCCCC1CC(=O)O. The van der Waals surface area contributed by atoms with Crippen LogP contribution in [0.1, 0.15) is 31.2 Å². The topological polar surface area (TPSA) is 64.3 Å². The Morgan fingerprint density at radius 1 is 1.53 bits per heavy atom. The normalized spacial score (nSPS) is 18.9. The minimum absolute atomic E-state index is 0.0143. The second-order valence-electron chi connectivity index (χ2n) is 4.71.